The van der Waals surface area contributed by atoms with Crippen LogP contribution in [0.15, 0.2) is 30.5 Å². The molecule has 1 N–H and O–H groups in total. The molecule has 110 valence electrons. The number of hydrogen-bond donors (Lipinski definition) is 1. The van der Waals surface area contributed by atoms with Gasteiger partial charge in [0.25, 0.3) is 0 Å². The normalized spacial score (nSPS) is 19.5. The van der Waals surface area contributed by atoms with Gasteiger partial charge < -0.3 is 10.2 Å². The van der Waals surface area contributed by atoms with Crippen LogP contribution in [0.4, 0.5) is 11.5 Å². The number of nitrogens with zero attached hydrogens (tertiary/aromatic N) is 2. The van der Waals surface area contributed by atoms with Crippen molar-refractivity contribution in [1.29, 1.82) is 0 Å². The van der Waals surface area contributed by atoms with E-state index in [1.165, 1.54) is 60.8 Å². The molecule has 2 aromatic rings. The Bertz CT molecular complexity index is 625. The van der Waals surface area contributed by atoms with Gasteiger partial charge in [-0.2, -0.15) is 0 Å². The molecule has 2 heterocycles. The minimum Gasteiger partial charge on any atom is -0.382 e. The second-order valence-corrected chi connectivity index (χ2v) is 6.39. The highest BCUT2D eigenvalue weighted by atomic mass is 15.2. The van der Waals surface area contributed by atoms with Crippen LogP contribution in [0.2, 0.25) is 0 Å². The molecule has 3 nitrogen and oxygen atoms in total. The first-order valence-electron chi connectivity index (χ1n) is 8.30. The standard InChI is InChI=1S/C18H23N3/c1-2-4-12-21(11-3-1)18-17-8-7-16(20-15-5-6-15)13-14(17)9-10-19-18/h7-10,13,15,20H,1-6,11-12H2. The van der Waals surface area contributed by atoms with Crippen molar-refractivity contribution in [2.24, 2.45) is 0 Å². The molecule has 2 aliphatic rings. The summed E-state index contributed by atoms with van der Waals surface area (Å²) in [4.78, 5) is 7.16. The van der Waals surface area contributed by atoms with Gasteiger partial charge in [-0.15, -0.1) is 0 Å². The van der Waals surface area contributed by atoms with E-state index in [1.54, 1.807) is 0 Å². The summed E-state index contributed by atoms with van der Waals surface area (Å²) in [6.07, 6.45) is 9.89. The zero-order valence-corrected chi connectivity index (χ0v) is 12.5. The predicted octanol–water partition coefficient (Wildman–Crippen LogP) is 4.19. The highest BCUT2D eigenvalue weighted by Crippen LogP contribution is 2.30. The summed E-state index contributed by atoms with van der Waals surface area (Å²) >= 11 is 0. The molecule has 0 spiro atoms. The van der Waals surface area contributed by atoms with Crippen LogP contribution in [0.3, 0.4) is 0 Å². The third-order valence-corrected chi connectivity index (χ3v) is 4.60. The summed E-state index contributed by atoms with van der Waals surface area (Å²) in [5.74, 6) is 1.17. The van der Waals surface area contributed by atoms with Gasteiger partial charge >= 0.3 is 0 Å². The first-order valence-corrected chi connectivity index (χ1v) is 8.30. The maximum atomic E-state index is 4.68. The molecule has 21 heavy (non-hydrogen) atoms. The van der Waals surface area contributed by atoms with Crippen molar-refractivity contribution in [2.45, 2.75) is 44.6 Å². The van der Waals surface area contributed by atoms with Crippen LogP contribution in [-0.4, -0.2) is 24.1 Å². The monoisotopic (exact) mass is 281 g/mol. The molecule has 1 aromatic heterocycles. The number of hydrogen-bond acceptors (Lipinski definition) is 3. The molecule has 4 rings (SSSR count). The summed E-state index contributed by atoms with van der Waals surface area (Å²) < 4.78 is 0. The number of nitrogens with one attached hydrogen (secondary N) is 1. The topological polar surface area (TPSA) is 28.2 Å². The average Bonchev–Trinajstić information content (AvgIpc) is 3.33. The van der Waals surface area contributed by atoms with Crippen LogP contribution in [0.25, 0.3) is 10.8 Å². The Kier molecular flexibility index (Phi) is 3.42. The van der Waals surface area contributed by atoms with Crippen molar-refractivity contribution < 1.29 is 0 Å². The van der Waals surface area contributed by atoms with Crippen LogP contribution in [0, 0.1) is 0 Å². The molecule has 1 aliphatic carbocycles. The zero-order valence-electron chi connectivity index (χ0n) is 12.5. The molecule has 0 atom stereocenters. The van der Waals surface area contributed by atoms with Crippen LogP contribution >= 0.6 is 0 Å². The van der Waals surface area contributed by atoms with Crippen LogP contribution in [0.5, 0.6) is 0 Å². The quantitative estimate of drug-likeness (QED) is 0.914. The van der Waals surface area contributed by atoms with E-state index in [1.807, 2.05) is 6.20 Å². The summed E-state index contributed by atoms with van der Waals surface area (Å²) in [7, 11) is 0. The lowest BCUT2D eigenvalue weighted by Gasteiger charge is -2.23. The van der Waals surface area contributed by atoms with Gasteiger partial charge in [-0.25, -0.2) is 4.98 Å². The van der Waals surface area contributed by atoms with Gasteiger partial charge in [-0.3, -0.25) is 0 Å². The maximum absolute atomic E-state index is 4.68. The molecular formula is C18H23N3. The van der Waals surface area contributed by atoms with Crippen LogP contribution < -0.4 is 10.2 Å². The summed E-state index contributed by atoms with van der Waals surface area (Å²) in [6.45, 7) is 2.29. The molecular weight excluding hydrogens is 258 g/mol. The SMILES string of the molecule is c1cc2cc(NC3CC3)ccc2c(N2CCCCCC2)n1. The fourth-order valence-corrected chi connectivity index (χ4v) is 3.25. The van der Waals surface area contributed by atoms with Crippen LogP contribution in [0.1, 0.15) is 38.5 Å². The molecule has 1 aliphatic heterocycles. The number of rotatable bonds is 3. The molecule has 1 saturated carbocycles. The van der Waals surface area contributed by atoms with Gasteiger partial charge in [0.2, 0.25) is 0 Å². The van der Waals surface area contributed by atoms with Crippen molar-refractivity contribution in [2.75, 3.05) is 23.3 Å². The lowest BCUT2D eigenvalue weighted by molar-refractivity contribution is 0.726. The summed E-state index contributed by atoms with van der Waals surface area (Å²) in [6, 6.07) is 9.57. The summed E-state index contributed by atoms with van der Waals surface area (Å²) in [5, 5.41) is 6.18. The van der Waals surface area contributed by atoms with Crippen molar-refractivity contribution in [3.8, 4) is 0 Å². The molecule has 0 amide bonds. The molecule has 0 radical (unpaired) electrons. The number of aromatic nitrogens is 1. The molecule has 3 heteroatoms. The smallest absolute Gasteiger partial charge is 0.136 e. The third kappa shape index (κ3) is 2.82. The molecule has 1 aromatic carbocycles. The Balaban J connectivity index is 1.67. The number of anilines is 2. The second kappa shape index (κ2) is 5.55. The number of benzene rings is 1. The highest BCUT2D eigenvalue weighted by molar-refractivity contribution is 5.94. The largest absolute Gasteiger partial charge is 0.382 e. The van der Waals surface area contributed by atoms with Gasteiger partial charge in [0, 0.05) is 36.4 Å². The van der Waals surface area contributed by atoms with E-state index in [-0.39, 0.29) is 0 Å². The van der Waals surface area contributed by atoms with Crippen molar-refractivity contribution in [1.82, 2.24) is 4.98 Å². The predicted molar refractivity (Wildman–Crippen MR) is 89.1 cm³/mol. The van der Waals surface area contributed by atoms with Gasteiger partial charge in [0.1, 0.15) is 5.82 Å². The third-order valence-electron chi connectivity index (χ3n) is 4.60. The van der Waals surface area contributed by atoms with Gasteiger partial charge in [0.15, 0.2) is 0 Å². The van der Waals surface area contributed by atoms with Crippen molar-refractivity contribution in [3.05, 3.63) is 30.5 Å². The lowest BCUT2D eigenvalue weighted by Crippen LogP contribution is -2.25. The molecule has 2 fully saturated rings. The lowest BCUT2D eigenvalue weighted by atomic mass is 10.1. The molecule has 0 bridgehead atoms. The van der Waals surface area contributed by atoms with Crippen molar-refractivity contribution >= 4 is 22.3 Å². The minimum atomic E-state index is 0.703. The zero-order chi connectivity index (χ0) is 14.1. The Hall–Kier alpha value is -1.77. The number of fused-ring (bicyclic) bond motifs is 1. The fraction of sp³-hybridized carbons (Fsp3) is 0.500. The average molecular weight is 281 g/mol. The Morgan fingerprint density at radius 3 is 2.57 bits per heavy atom. The highest BCUT2D eigenvalue weighted by Gasteiger charge is 2.21. The van der Waals surface area contributed by atoms with E-state index in [4.69, 9.17) is 0 Å². The van der Waals surface area contributed by atoms with Gasteiger partial charge in [0.05, 0.1) is 0 Å². The molecule has 1 saturated heterocycles. The Labute approximate surface area is 126 Å². The second-order valence-electron chi connectivity index (χ2n) is 6.39. The van der Waals surface area contributed by atoms with Crippen LogP contribution in [-0.2, 0) is 0 Å². The van der Waals surface area contributed by atoms with E-state index in [0.29, 0.717) is 6.04 Å². The molecule has 0 unspecified atom stereocenters. The van der Waals surface area contributed by atoms with Gasteiger partial charge in [-0.1, -0.05) is 12.8 Å². The minimum absolute atomic E-state index is 0.703. The van der Waals surface area contributed by atoms with Crippen molar-refractivity contribution in [3.63, 3.8) is 0 Å². The van der Waals surface area contributed by atoms with E-state index >= 15 is 0 Å². The van der Waals surface area contributed by atoms with E-state index in [0.717, 1.165) is 13.1 Å². The maximum Gasteiger partial charge on any atom is 0.136 e. The van der Waals surface area contributed by atoms with E-state index < -0.39 is 0 Å². The van der Waals surface area contributed by atoms with E-state index in [9.17, 15) is 0 Å². The van der Waals surface area contributed by atoms with E-state index in [2.05, 4.69) is 39.5 Å². The van der Waals surface area contributed by atoms with Gasteiger partial charge in [-0.05, 0) is 55.3 Å². The Morgan fingerprint density at radius 1 is 1.00 bits per heavy atom. The summed E-state index contributed by atoms with van der Waals surface area (Å²) in [5.41, 5.74) is 1.25. The first-order chi connectivity index (χ1) is 10.4. The Morgan fingerprint density at radius 2 is 1.81 bits per heavy atom. The first kappa shape index (κ1) is 12.9. The number of pyridine rings is 1. The fourth-order valence-electron chi connectivity index (χ4n) is 3.25.